The Morgan fingerprint density at radius 1 is 1.20 bits per heavy atom. The second-order valence-electron chi connectivity index (χ2n) is 5.44. The molecule has 2 fully saturated rings. The highest BCUT2D eigenvalue weighted by atomic mass is 16.5. The molecule has 2 aliphatic carbocycles. The molecule has 2 nitrogen and oxygen atoms in total. The van der Waals surface area contributed by atoms with E-state index >= 15 is 0 Å². The summed E-state index contributed by atoms with van der Waals surface area (Å²) < 4.78 is 5.39. The highest BCUT2D eigenvalue weighted by Crippen LogP contribution is 2.48. The van der Waals surface area contributed by atoms with Crippen molar-refractivity contribution in [2.75, 3.05) is 13.7 Å². The van der Waals surface area contributed by atoms with Crippen LogP contribution in [0.1, 0.15) is 51.9 Å². The molecular weight excluding hydrogens is 186 g/mol. The van der Waals surface area contributed by atoms with Crippen LogP contribution in [-0.2, 0) is 4.74 Å². The largest absolute Gasteiger partial charge is 0.381 e. The Morgan fingerprint density at radius 2 is 1.87 bits per heavy atom. The predicted octanol–water partition coefficient (Wildman–Crippen LogP) is 2.72. The first-order valence-corrected chi connectivity index (χ1v) is 6.54. The molecule has 0 aromatic rings. The monoisotopic (exact) mass is 211 g/mol. The van der Waals surface area contributed by atoms with Gasteiger partial charge in [-0.2, -0.15) is 0 Å². The molecule has 88 valence electrons. The van der Waals surface area contributed by atoms with Crippen molar-refractivity contribution in [1.82, 2.24) is 5.32 Å². The number of ether oxygens (including phenoxy) is 1. The molecule has 0 spiro atoms. The maximum absolute atomic E-state index is 5.39. The van der Waals surface area contributed by atoms with E-state index in [4.69, 9.17) is 4.74 Å². The number of hydrogen-bond donors (Lipinski definition) is 1. The zero-order valence-corrected chi connectivity index (χ0v) is 10.2. The molecule has 0 aromatic carbocycles. The maximum atomic E-state index is 5.39. The molecular formula is C13H25NO. The molecule has 2 rings (SSSR count). The van der Waals surface area contributed by atoms with Gasteiger partial charge in [-0.05, 0) is 50.4 Å². The lowest BCUT2D eigenvalue weighted by atomic mass is 9.92. The predicted molar refractivity (Wildman–Crippen MR) is 63.0 cm³/mol. The molecule has 0 saturated heterocycles. The van der Waals surface area contributed by atoms with Crippen molar-refractivity contribution < 1.29 is 4.74 Å². The van der Waals surface area contributed by atoms with Gasteiger partial charge in [0, 0.05) is 19.7 Å². The summed E-state index contributed by atoms with van der Waals surface area (Å²) in [7, 11) is 1.84. The summed E-state index contributed by atoms with van der Waals surface area (Å²) in [5, 5.41) is 3.76. The molecule has 0 amide bonds. The smallest absolute Gasteiger partial charge is 0.0572 e. The molecule has 2 saturated carbocycles. The van der Waals surface area contributed by atoms with Crippen molar-refractivity contribution >= 4 is 0 Å². The lowest BCUT2D eigenvalue weighted by molar-refractivity contribution is 0.0619. The fourth-order valence-electron chi connectivity index (χ4n) is 2.70. The van der Waals surface area contributed by atoms with Crippen LogP contribution in [0.5, 0.6) is 0 Å². The third-order valence-electron chi connectivity index (χ3n) is 4.48. The lowest BCUT2D eigenvalue weighted by Crippen LogP contribution is -2.38. The topological polar surface area (TPSA) is 21.3 Å². The molecule has 0 heterocycles. The van der Waals surface area contributed by atoms with Crippen molar-refractivity contribution in [2.45, 2.75) is 64.0 Å². The third kappa shape index (κ3) is 2.94. The van der Waals surface area contributed by atoms with Crippen LogP contribution in [0, 0.1) is 5.41 Å². The fourth-order valence-corrected chi connectivity index (χ4v) is 2.70. The second-order valence-corrected chi connectivity index (χ2v) is 5.44. The molecule has 0 atom stereocenters. The summed E-state index contributed by atoms with van der Waals surface area (Å²) in [6, 6.07) is 0.764. The molecule has 0 radical (unpaired) electrons. The average Bonchev–Trinajstić information content (AvgIpc) is 3.08. The van der Waals surface area contributed by atoms with E-state index in [9.17, 15) is 0 Å². The van der Waals surface area contributed by atoms with Crippen LogP contribution in [0.4, 0.5) is 0 Å². The third-order valence-corrected chi connectivity index (χ3v) is 4.48. The average molecular weight is 211 g/mol. The van der Waals surface area contributed by atoms with Crippen LogP contribution < -0.4 is 5.32 Å². The summed E-state index contributed by atoms with van der Waals surface area (Å²) in [4.78, 5) is 0. The Balaban J connectivity index is 1.64. The second kappa shape index (κ2) is 4.84. The standard InChI is InChI=1S/C13H25NO/c1-3-13(8-9-13)10-14-11-4-6-12(15-2)7-5-11/h11-12,14H,3-10H2,1-2H3. The summed E-state index contributed by atoms with van der Waals surface area (Å²) in [6.45, 7) is 3.59. The summed E-state index contributed by atoms with van der Waals surface area (Å²) in [5.74, 6) is 0. The first-order valence-electron chi connectivity index (χ1n) is 6.54. The first kappa shape index (κ1) is 11.4. The summed E-state index contributed by atoms with van der Waals surface area (Å²) in [5.41, 5.74) is 0.693. The zero-order chi connectivity index (χ0) is 10.7. The number of nitrogens with one attached hydrogen (secondary N) is 1. The minimum absolute atomic E-state index is 0.532. The molecule has 0 bridgehead atoms. The van der Waals surface area contributed by atoms with E-state index in [-0.39, 0.29) is 0 Å². The number of methoxy groups -OCH3 is 1. The normalized spacial score (nSPS) is 34.0. The van der Waals surface area contributed by atoms with Gasteiger partial charge in [0.2, 0.25) is 0 Å². The van der Waals surface area contributed by atoms with Gasteiger partial charge < -0.3 is 10.1 Å². The van der Waals surface area contributed by atoms with Crippen molar-refractivity contribution in [1.29, 1.82) is 0 Å². The van der Waals surface area contributed by atoms with Crippen molar-refractivity contribution in [3.63, 3.8) is 0 Å². The van der Waals surface area contributed by atoms with Gasteiger partial charge in [-0.3, -0.25) is 0 Å². The van der Waals surface area contributed by atoms with Crippen molar-refractivity contribution in [3.8, 4) is 0 Å². The fraction of sp³-hybridized carbons (Fsp3) is 1.00. The van der Waals surface area contributed by atoms with Gasteiger partial charge in [0.05, 0.1) is 6.10 Å². The van der Waals surface area contributed by atoms with Gasteiger partial charge >= 0.3 is 0 Å². The molecule has 2 aliphatic rings. The lowest BCUT2D eigenvalue weighted by Gasteiger charge is -2.29. The Kier molecular flexibility index (Phi) is 3.68. The Morgan fingerprint density at radius 3 is 2.33 bits per heavy atom. The summed E-state index contributed by atoms with van der Waals surface area (Å²) in [6.07, 6.45) is 9.88. The molecule has 0 aliphatic heterocycles. The van der Waals surface area contributed by atoms with E-state index in [1.54, 1.807) is 0 Å². The maximum Gasteiger partial charge on any atom is 0.0572 e. The molecule has 0 unspecified atom stereocenters. The molecule has 0 aromatic heterocycles. The van der Waals surface area contributed by atoms with Crippen LogP contribution in [0.2, 0.25) is 0 Å². The number of hydrogen-bond acceptors (Lipinski definition) is 2. The molecule has 15 heavy (non-hydrogen) atoms. The van der Waals surface area contributed by atoms with Crippen LogP contribution in [0.15, 0.2) is 0 Å². The van der Waals surface area contributed by atoms with Crippen molar-refractivity contribution in [3.05, 3.63) is 0 Å². The van der Waals surface area contributed by atoms with E-state index < -0.39 is 0 Å². The quantitative estimate of drug-likeness (QED) is 0.755. The van der Waals surface area contributed by atoms with Gasteiger partial charge in [-0.15, -0.1) is 0 Å². The Labute approximate surface area is 93.8 Å². The van der Waals surface area contributed by atoms with E-state index in [0.29, 0.717) is 11.5 Å². The van der Waals surface area contributed by atoms with Gasteiger partial charge in [-0.25, -0.2) is 0 Å². The molecule has 1 N–H and O–H groups in total. The minimum Gasteiger partial charge on any atom is -0.381 e. The Hall–Kier alpha value is -0.0800. The van der Waals surface area contributed by atoms with Crippen LogP contribution in [-0.4, -0.2) is 25.8 Å². The van der Waals surface area contributed by atoms with Crippen LogP contribution in [0.25, 0.3) is 0 Å². The van der Waals surface area contributed by atoms with E-state index in [0.717, 1.165) is 6.04 Å². The van der Waals surface area contributed by atoms with Gasteiger partial charge in [-0.1, -0.05) is 6.92 Å². The van der Waals surface area contributed by atoms with Gasteiger partial charge in [0.15, 0.2) is 0 Å². The van der Waals surface area contributed by atoms with Gasteiger partial charge in [0.1, 0.15) is 0 Å². The summed E-state index contributed by atoms with van der Waals surface area (Å²) >= 11 is 0. The van der Waals surface area contributed by atoms with Crippen LogP contribution in [0.3, 0.4) is 0 Å². The minimum atomic E-state index is 0.532. The van der Waals surface area contributed by atoms with Crippen LogP contribution >= 0.6 is 0 Å². The highest BCUT2D eigenvalue weighted by Gasteiger charge is 2.40. The van der Waals surface area contributed by atoms with Gasteiger partial charge in [0.25, 0.3) is 0 Å². The SMILES string of the molecule is CCC1(CNC2CCC(OC)CC2)CC1. The number of rotatable bonds is 5. The molecule has 2 heteroatoms. The van der Waals surface area contributed by atoms with Crippen molar-refractivity contribution in [2.24, 2.45) is 5.41 Å². The van der Waals surface area contributed by atoms with E-state index in [2.05, 4.69) is 12.2 Å². The zero-order valence-electron chi connectivity index (χ0n) is 10.2. The van der Waals surface area contributed by atoms with E-state index in [1.807, 2.05) is 7.11 Å². The first-order chi connectivity index (χ1) is 7.28. The van der Waals surface area contributed by atoms with E-state index in [1.165, 1.54) is 51.5 Å². The Bertz CT molecular complexity index is 193. The highest BCUT2D eigenvalue weighted by molar-refractivity contribution is 4.94.